The fraction of sp³-hybridized carbons (Fsp3) is 0.550. The molecule has 5 nitrogen and oxygen atoms in total. The quantitative estimate of drug-likeness (QED) is 0.881. The van der Waals surface area contributed by atoms with E-state index in [1.165, 1.54) is 12.0 Å². The number of hydrogen-bond donors (Lipinski definition) is 1. The Morgan fingerprint density at radius 2 is 1.88 bits per heavy atom. The lowest BCUT2D eigenvalue weighted by molar-refractivity contribution is -0.150. The maximum Gasteiger partial charge on any atom is 0.242 e. The second-order valence-electron chi connectivity index (χ2n) is 8.74. The number of amides is 1. The van der Waals surface area contributed by atoms with E-state index in [-0.39, 0.29) is 16.9 Å². The standard InChI is InChI=1S/C20H23ClN4O/c1-13-2-4-16(5-3-13)23-17(26)19-7-14-6-15(8-19)10-20(9-14,11-19)25-12-22-18(21)24-25/h2-5,12,14-15H,6-11H2,1H3,(H,23,26). The first-order chi connectivity index (χ1) is 12.5. The average Bonchev–Trinajstić information content (AvgIpc) is 3.03. The molecular weight excluding hydrogens is 348 g/mol. The second-order valence-corrected chi connectivity index (χ2v) is 9.08. The van der Waals surface area contributed by atoms with Gasteiger partial charge in [0.25, 0.3) is 0 Å². The minimum Gasteiger partial charge on any atom is -0.326 e. The number of aromatic nitrogens is 3. The molecule has 0 spiro atoms. The lowest BCUT2D eigenvalue weighted by Crippen LogP contribution is -2.60. The van der Waals surface area contributed by atoms with E-state index < -0.39 is 0 Å². The van der Waals surface area contributed by atoms with E-state index in [1.54, 1.807) is 6.33 Å². The minimum absolute atomic E-state index is 0.102. The lowest BCUT2D eigenvalue weighted by atomic mass is 9.46. The highest BCUT2D eigenvalue weighted by atomic mass is 35.5. The van der Waals surface area contributed by atoms with Crippen LogP contribution >= 0.6 is 11.6 Å². The van der Waals surface area contributed by atoms with Crippen LogP contribution in [0.5, 0.6) is 0 Å². The monoisotopic (exact) mass is 370 g/mol. The van der Waals surface area contributed by atoms with Crippen LogP contribution in [0, 0.1) is 24.2 Å². The van der Waals surface area contributed by atoms with E-state index in [1.807, 2.05) is 28.9 Å². The highest BCUT2D eigenvalue weighted by molar-refractivity contribution is 6.28. The lowest BCUT2D eigenvalue weighted by Gasteiger charge is -2.60. The number of hydrogen-bond acceptors (Lipinski definition) is 3. The van der Waals surface area contributed by atoms with Crippen molar-refractivity contribution in [2.75, 3.05) is 5.32 Å². The Kier molecular flexibility index (Phi) is 3.48. The van der Waals surface area contributed by atoms with E-state index in [9.17, 15) is 4.79 Å². The van der Waals surface area contributed by atoms with Crippen molar-refractivity contribution in [2.24, 2.45) is 17.3 Å². The SMILES string of the molecule is Cc1ccc(NC(=O)C23CC4CC(C2)CC(n2cnc(Cl)n2)(C4)C3)cc1. The molecule has 4 aliphatic carbocycles. The van der Waals surface area contributed by atoms with Crippen LogP contribution in [0.2, 0.25) is 5.28 Å². The van der Waals surface area contributed by atoms with Crippen molar-refractivity contribution in [1.82, 2.24) is 14.8 Å². The number of nitrogens with zero attached hydrogens (tertiary/aromatic N) is 3. The van der Waals surface area contributed by atoms with Crippen LogP contribution in [0.1, 0.15) is 44.1 Å². The number of anilines is 1. The molecule has 4 bridgehead atoms. The summed E-state index contributed by atoms with van der Waals surface area (Å²) in [6, 6.07) is 8.05. The van der Waals surface area contributed by atoms with Crippen LogP contribution in [0.25, 0.3) is 0 Å². The fourth-order valence-electron chi connectivity index (χ4n) is 6.12. The van der Waals surface area contributed by atoms with Crippen molar-refractivity contribution >= 4 is 23.2 Å². The number of halogens is 1. The van der Waals surface area contributed by atoms with Gasteiger partial charge >= 0.3 is 0 Å². The maximum absolute atomic E-state index is 13.3. The predicted octanol–water partition coefficient (Wildman–Crippen LogP) is 4.17. The molecule has 2 atom stereocenters. The number of nitrogens with one attached hydrogen (secondary N) is 1. The average molecular weight is 371 g/mol. The van der Waals surface area contributed by atoms with E-state index in [0.29, 0.717) is 17.1 Å². The number of benzene rings is 1. The van der Waals surface area contributed by atoms with Crippen molar-refractivity contribution < 1.29 is 4.79 Å². The van der Waals surface area contributed by atoms with Crippen LogP contribution < -0.4 is 5.32 Å². The maximum atomic E-state index is 13.3. The molecular formula is C20H23ClN4O. The van der Waals surface area contributed by atoms with Gasteiger partial charge in [0, 0.05) is 5.69 Å². The zero-order valence-electron chi connectivity index (χ0n) is 14.9. The molecule has 2 aromatic rings. The largest absolute Gasteiger partial charge is 0.326 e. The van der Waals surface area contributed by atoms with Gasteiger partial charge in [-0.3, -0.25) is 4.79 Å². The van der Waals surface area contributed by atoms with Crippen LogP contribution in [0.4, 0.5) is 5.69 Å². The molecule has 6 rings (SSSR count). The smallest absolute Gasteiger partial charge is 0.242 e. The Balaban J connectivity index is 1.46. The Morgan fingerprint density at radius 3 is 2.50 bits per heavy atom. The Hall–Kier alpha value is -1.88. The first kappa shape index (κ1) is 16.3. The van der Waals surface area contributed by atoms with Gasteiger partial charge in [-0.05, 0) is 81.0 Å². The molecule has 2 unspecified atom stereocenters. The summed E-state index contributed by atoms with van der Waals surface area (Å²) in [7, 11) is 0. The molecule has 4 saturated carbocycles. The summed E-state index contributed by atoms with van der Waals surface area (Å²) in [6.07, 6.45) is 7.98. The van der Waals surface area contributed by atoms with Crippen LogP contribution in [0.3, 0.4) is 0 Å². The second kappa shape index (κ2) is 5.56. The highest BCUT2D eigenvalue weighted by Crippen LogP contribution is 2.64. The molecule has 4 fully saturated rings. The number of rotatable bonds is 3. The summed E-state index contributed by atoms with van der Waals surface area (Å²) >= 11 is 6.00. The summed E-state index contributed by atoms with van der Waals surface area (Å²) in [5.74, 6) is 1.34. The normalized spacial score (nSPS) is 34.8. The van der Waals surface area contributed by atoms with Gasteiger partial charge in [-0.1, -0.05) is 17.7 Å². The summed E-state index contributed by atoms with van der Waals surface area (Å²) < 4.78 is 1.96. The van der Waals surface area contributed by atoms with E-state index in [0.717, 1.165) is 37.8 Å². The van der Waals surface area contributed by atoms with E-state index >= 15 is 0 Å². The Morgan fingerprint density at radius 1 is 1.19 bits per heavy atom. The van der Waals surface area contributed by atoms with Gasteiger partial charge in [0.05, 0.1) is 11.0 Å². The Labute approximate surface area is 158 Å². The van der Waals surface area contributed by atoms with Gasteiger partial charge in [0.15, 0.2) is 0 Å². The van der Waals surface area contributed by atoms with Gasteiger partial charge < -0.3 is 5.32 Å². The Bertz CT molecular complexity index is 845. The van der Waals surface area contributed by atoms with Crippen molar-refractivity contribution in [1.29, 1.82) is 0 Å². The summed E-state index contributed by atoms with van der Waals surface area (Å²) in [4.78, 5) is 17.5. The third-order valence-electron chi connectivity index (χ3n) is 6.77. The van der Waals surface area contributed by atoms with Gasteiger partial charge in [0.1, 0.15) is 6.33 Å². The van der Waals surface area contributed by atoms with Crippen molar-refractivity contribution in [3.05, 3.63) is 41.4 Å². The van der Waals surface area contributed by atoms with Crippen molar-refractivity contribution in [3.63, 3.8) is 0 Å². The minimum atomic E-state index is -0.298. The zero-order chi connectivity index (χ0) is 17.9. The van der Waals surface area contributed by atoms with Gasteiger partial charge in [-0.2, -0.15) is 0 Å². The summed E-state index contributed by atoms with van der Waals surface area (Å²) in [5.41, 5.74) is 1.68. The van der Waals surface area contributed by atoms with Gasteiger partial charge in [0.2, 0.25) is 11.2 Å². The topological polar surface area (TPSA) is 59.8 Å². The molecule has 1 aromatic carbocycles. The van der Waals surface area contributed by atoms with Crippen molar-refractivity contribution in [3.8, 4) is 0 Å². The third-order valence-corrected chi connectivity index (χ3v) is 6.94. The predicted molar refractivity (Wildman–Crippen MR) is 99.9 cm³/mol. The molecule has 0 aliphatic heterocycles. The molecule has 0 saturated heterocycles. The van der Waals surface area contributed by atoms with Crippen LogP contribution in [-0.4, -0.2) is 20.7 Å². The van der Waals surface area contributed by atoms with Gasteiger partial charge in [-0.25, -0.2) is 9.67 Å². The zero-order valence-corrected chi connectivity index (χ0v) is 15.7. The summed E-state index contributed by atoms with van der Waals surface area (Å²) in [5, 5.41) is 7.90. The third kappa shape index (κ3) is 2.48. The molecule has 0 radical (unpaired) electrons. The molecule has 136 valence electrons. The first-order valence-corrected chi connectivity index (χ1v) is 9.80. The molecule has 4 aliphatic rings. The number of carbonyl (C=O) groups is 1. The molecule has 26 heavy (non-hydrogen) atoms. The van der Waals surface area contributed by atoms with Crippen molar-refractivity contribution in [2.45, 2.75) is 51.0 Å². The molecule has 1 N–H and O–H groups in total. The fourth-order valence-corrected chi connectivity index (χ4v) is 6.24. The molecule has 1 aromatic heterocycles. The highest BCUT2D eigenvalue weighted by Gasteiger charge is 2.61. The molecule has 1 amide bonds. The summed E-state index contributed by atoms with van der Waals surface area (Å²) in [6.45, 7) is 2.05. The molecule has 1 heterocycles. The van der Waals surface area contributed by atoms with E-state index in [2.05, 4.69) is 22.3 Å². The first-order valence-electron chi connectivity index (χ1n) is 9.42. The van der Waals surface area contributed by atoms with Crippen LogP contribution in [0.15, 0.2) is 30.6 Å². The van der Waals surface area contributed by atoms with Crippen LogP contribution in [-0.2, 0) is 10.3 Å². The number of carbonyl (C=O) groups excluding carboxylic acids is 1. The number of aryl methyl sites for hydroxylation is 1. The van der Waals surface area contributed by atoms with Gasteiger partial charge in [-0.15, -0.1) is 5.10 Å². The van der Waals surface area contributed by atoms with E-state index in [4.69, 9.17) is 11.6 Å². The molecule has 6 heteroatoms.